The van der Waals surface area contributed by atoms with Crippen molar-refractivity contribution in [2.45, 2.75) is 26.1 Å². The second-order valence-corrected chi connectivity index (χ2v) is 10.4. The summed E-state index contributed by atoms with van der Waals surface area (Å²) in [5.74, 6) is 0. The van der Waals surface area contributed by atoms with Crippen LogP contribution in [0.1, 0.15) is 28.7 Å². The van der Waals surface area contributed by atoms with Gasteiger partial charge in [0, 0.05) is 12.4 Å². The van der Waals surface area contributed by atoms with Crippen LogP contribution in [0.2, 0.25) is 0 Å². The number of hydrogen-bond donors (Lipinski definition) is 2. The SMILES string of the molecule is N/C=C\OCc1ccc(-c2c3c(c(-c4ccc(CO/C=C\N)cc4)c4cc(-c5ccccc5)ccc24)CCC=C3)cc1. The molecule has 0 amide bonds. The number of allylic oxidation sites excluding steroid dienone is 1. The van der Waals surface area contributed by atoms with Crippen molar-refractivity contribution in [2.75, 3.05) is 0 Å². The molecule has 0 aliphatic heterocycles. The Kier molecular flexibility index (Phi) is 8.05. The van der Waals surface area contributed by atoms with Crippen molar-refractivity contribution >= 4 is 16.8 Å². The molecule has 4 N–H and O–H groups in total. The van der Waals surface area contributed by atoms with Crippen molar-refractivity contribution < 1.29 is 9.47 Å². The molecule has 0 spiro atoms. The van der Waals surface area contributed by atoms with E-state index in [1.54, 1.807) is 0 Å². The van der Waals surface area contributed by atoms with Crippen molar-refractivity contribution in [2.24, 2.45) is 11.5 Å². The van der Waals surface area contributed by atoms with Crippen LogP contribution in [0.25, 0.3) is 50.2 Å². The quantitative estimate of drug-likeness (QED) is 0.180. The number of fused-ring (bicyclic) bond motifs is 2. The smallest absolute Gasteiger partial charge is 0.112 e. The van der Waals surface area contributed by atoms with Crippen LogP contribution in [-0.4, -0.2) is 0 Å². The molecule has 0 heterocycles. The average Bonchev–Trinajstić information content (AvgIpc) is 3.05. The minimum Gasteiger partial charge on any atom is -0.495 e. The zero-order valence-electron chi connectivity index (χ0n) is 23.5. The van der Waals surface area contributed by atoms with Crippen molar-refractivity contribution in [1.82, 2.24) is 0 Å². The Labute approximate surface area is 247 Å². The average molecular weight is 551 g/mol. The summed E-state index contributed by atoms with van der Waals surface area (Å²) in [5, 5.41) is 2.50. The molecule has 208 valence electrons. The van der Waals surface area contributed by atoms with E-state index in [0.717, 1.165) is 24.0 Å². The van der Waals surface area contributed by atoms with Gasteiger partial charge in [-0.05, 0) is 85.3 Å². The molecule has 0 atom stereocenters. The van der Waals surface area contributed by atoms with Crippen molar-refractivity contribution in [3.05, 3.63) is 150 Å². The third-order valence-corrected chi connectivity index (χ3v) is 7.74. The van der Waals surface area contributed by atoms with Gasteiger partial charge in [-0.2, -0.15) is 0 Å². The van der Waals surface area contributed by atoms with Gasteiger partial charge in [0.2, 0.25) is 0 Å². The lowest BCUT2D eigenvalue weighted by atomic mass is 9.79. The summed E-state index contributed by atoms with van der Waals surface area (Å²) >= 11 is 0. The van der Waals surface area contributed by atoms with Crippen LogP contribution in [0.4, 0.5) is 0 Å². The highest BCUT2D eigenvalue weighted by atomic mass is 16.5. The van der Waals surface area contributed by atoms with Crippen LogP contribution in [0, 0.1) is 0 Å². The van der Waals surface area contributed by atoms with E-state index in [2.05, 4.69) is 109 Å². The zero-order valence-corrected chi connectivity index (χ0v) is 23.5. The van der Waals surface area contributed by atoms with Crippen LogP contribution in [0.15, 0.2) is 128 Å². The minimum absolute atomic E-state index is 0.482. The largest absolute Gasteiger partial charge is 0.495 e. The zero-order chi connectivity index (χ0) is 28.7. The summed E-state index contributed by atoms with van der Waals surface area (Å²) in [6.45, 7) is 0.964. The molecular formula is C38H34N2O2. The third kappa shape index (κ3) is 5.52. The first-order valence-electron chi connectivity index (χ1n) is 14.3. The topological polar surface area (TPSA) is 70.5 Å². The predicted octanol–water partition coefficient (Wildman–Crippen LogP) is 8.69. The minimum atomic E-state index is 0.482. The Morgan fingerprint density at radius 1 is 0.595 bits per heavy atom. The molecule has 4 nitrogen and oxygen atoms in total. The number of ether oxygens (including phenoxy) is 2. The Morgan fingerprint density at radius 3 is 1.81 bits per heavy atom. The van der Waals surface area contributed by atoms with E-state index in [4.69, 9.17) is 20.9 Å². The van der Waals surface area contributed by atoms with Gasteiger partial charge < -0.3 is 20.9 Å². The summed E-state index contributed by atoms with van der Waals surface area (Å²) in [7, 11) is 0. The first kappa shape index (κ1) is 27.0. The summed E-state index contributed by atoms with van der Waals surface area (Å²) < 4.78 is 11.0. The van der Waals surface area contributed by atoms with Gasteiger partial charge in [0.15, 0.2) is 0 Å². The van der Waals surface area contributed by atoms with E-state index in [-0.39, 0.29) is 0 Å². The fraction of sp³-hybridized carbons (Fsp3) is 0.105. The summed E-state index contributed by atoms with van der Waals surface area (Å²) in [5.41, 5.74) is 23.1. The van der Waals surface area contributed by atoms with E-state index in [1.807, 2.05) is 0 Å². The highest BCUT2D eigenvalue weighted by Gasteiger charge is 2.22. The molecule has 0 radical (unpaired) electrons. The highest BCUT2D eigenvalue weighted by molar-refractivity contribution is 6.11. The maximum Gasteiger partial charge on any atom is 0.112 e. The van der Waals surface area contributed by atoms with Gasteiger partial charge in [0.25, 0.3) is 0 Å². The predicted molar refractivity (Wildman–Crippen MR) is 174 cm³/mol. The Balaban J connectivity index is 1.55. The standard InChI is InChI=1S/C38H34N2O2/c39-20-22-41-25-27-10-14-30(15-11-27)37-33-8-4-5-9-34(33)38(31-16-12-28(13-17-31)26-42-23-21-40)36-24-32(18-19-35(36)37)29-6-2-1-3-7-29/h1-4,6-8,10-24H,5,9,25-26,39-40H2/b22-20-,23-21-. The highest BCUT2D eigenvalue weighted by Crippen LogP contribution is 2.45. The van der Waals surface area contributed by atoms with Crippen LogP contribution in [0.3, 0.4) is 0 Å². The first-order valence-corrected chi connectivity index (χ1v) is 14.3. The molecule has 0 bridgehead atoms. The summed E-state index contributed by atoms with van der Waals surface area (Å²) in [4.78, 5) is 0. The van der Waals surface area contributed by atoms with Gasteiger partial charge >= 0.3 is 0 Å². The van der Waals surface area contributed by atoms with Gasteiger partial charge in [-0.1, -0.05) is 103 Å². The molecule has 0 aromatic heterocycles. The fourth-order valence-electron chi connectivity index (χ4n) is 5.82. The van der Waals surface area contributed by atoms with Crippen molar-refractivity contribution in [3.63, 3.8) is 0 Å². The van der Waals surface area contributed by atoms with E-state index < -0.39 is 0 Å². The lowest BCUT2D eigenvalue weighted by molar-refractivity contribution is 0.235. The molecule has 5 aromatic carbocycles. The summed E-state index contributed by atoms with van der Waals surface area (Å²) in [6, 6.07) is 34.9. The number of benzene rings is 5. The molecule has 1 aliphatic rings. The normalized spacial score (nSPS) is 12.7. The Bertz CT molecular complexity index is 1770. The molecule has 0 saturated carbocycles. The molecule has 5 aromatic rings. The van der Waals surface area contributed by atoms with Gasteiger partial charge in [0.05, 0.1) is 12.5 Å². The van der Waals surface area contributed by atoms with Gasteiger partial charge in [0.1, 0.15) is 13.2 Å². The maximum atomic E-state index is 5.51. The monoisotopic (exact) mass is 550 g/mol. The molecular weight excluding hydrogens is 516 g/mol. The van der Waals surface area contributed by atoms with Crippen LogP contribution in [0.5, 0.6) is 0 Å². The van der Waals surface area contributed by atoms with E-state index in [0.29, 0.717) is 13.2 Å². The maximum absolute atomic E-state index is 5.51. The molecule has 4 heteroatoms. The Morgan fingerprint density at radius 2 is 1.19 bits per heavy atom. The van der Waals surface area contributed by atoms with E-state index >= 15 is 0 Å². The van der Waals surface area contributed by atoms with Gasteiger partial charge in [-0.3, -0.25) is 0 Å². The Hall–Kier alpha value is -5.22. The molecule has 0 saturated heterocycles. The number of nitrogens with two attached hydrogens (primary N) is 2. The molecule has 42 heavy (non-hydrogen) atoms. The fourth-order valence-corrected chi connectivity index (χ4v) is 5.82. The van der Waals surface area contributed by atoms with Crippen LogP contribution < -0.4 is 11.5 Å². The van der Waals surface area contributed by atoms with Crippen LogP contribution in [-0.2, 0) is 29.1 Å². The lowest BCUT2D eigenvalue weighted by Crippen LogP contribution is -2.03. The second-order valence-electron chi connectivity index (χ2n) is 10.4. The van der Waals surface area contributed by atoms with Crippen molar-refractivity contribution in [3.8, 4) is 33.4 Å². The van der Waals surface area contributed by atoms with Crippen molar-refractivity contribution in [1.29, 1.82) is 0 Å². The molecule has 1 aliphatic carbocycles. The second kappa shape index (κ2) is 12.5. The third-order valence-electron chi connectivity index (χ3n) is 7.74. The van der Waals surface area contributed by atoms with Gasteiger partial charge in [-0.15, -0.1) is 0 Å². The molecule has 0 unspecified atom stereocenters. The van der Waals surface area contributed by atoms with Gasteiger partial charge in [-0.25, -0.2) is 0 Å². The van der Waals surface area contributed by atoms with E-state index in [1.165, 1.54) is 80.2 Å². The number of hydrogen-bond acceptors (Lipinski definition) is 4. The molecule has 0 fully saturated rings. The lowest BCUT2D eigenvalue weighted by Gasteiger charge is -2.24. The number of rotatable bonds is 9. The summed E-state index contributed by atoms with van der Waals surface area (Å²) in [6.07, 6.45) is 12.5. The van der Waals surface area contributed by atoms with E-state index in [9.17, 15) is 0 Å². The first-order chi connectivity index (χ1) is 20.8. The van der Waals surface area contributed by atoms with Crippen LogP contribution >= 0.6 is 0 Å². The molecule has 6 rings (SSSR count).